The van der Waals surface area contributed by atoms with Gasteiger partial charge in [0.25, 0.3) is 0 Å². The van der Waals surface area contributed by atoms with Crippen molar-refractivity contribution in [1.82, 2.24) is 4.98 Å². The van der Waals surface area contributed by atoms with Crippen LogP contribution < -0.4 is 4.74 Å². The summed E-state index contributed by atoms with van der Waals surface area (Å²) in [5.74, 6) is -0.689. The molecular formula is C14H10N2O3. The van der Waals surface area contributed by atoms with Crippen LogP contribution in [0.25, 0.3) is 0 Å². The molecule has 0 fully saturated rings. The fourth-order valence-corrected chi connectivity index (χ4v) is 1.60. The zero-order chi connectivity index (χ0) is 13.8. The summed E-state index contributed by atoms with van der Waals surface area (Å²) in [5.41, 5.74) is 1.08. The van der Waals surface area contributed by atoms with Crippen LogP contribution in [0.4, 0.5) is 0 Å². The summed E-state index contributed by atoms with van der Waals surface area (Å²) in [7, 11) is 0. The van der Waals surface area contributed by atoms with E-state index in [0.29, 0.717) is 11.3 Å². The number of nitriles is 1. The fraction of sp³-hybridized carbons (Fsp3) is 0.0714. The number of hydrogen-bond donors (Lipinski definition) is 1. The van der Waals surface area contributed by atoms with Crippen LogP contribution in [0.1, 0.15) is 21.6 Å². The average Bonchev–Trinajstić information content (AvgIpc) is 2.38. The molecular weight excluding hydrogens is 244 g/mol. The van der Waals surface area contributed by atoms with E-state index < -0.39 is 5.97 Å². The third-order valence-electron chi connectivity index (χ3n) is 2.39. The quantitative estimate of drug-likeness (QED) is 0.910. The molecule has 0 aliphatic carbocycles. The first kappa shape index (κ1) is 12.6. The summed E-state index contributed by atoms with van der Waals surface area (Å²) in [6.07, 6.45) is 0. The van der Waals surface area contributed by atoms with Crippen LogP contribution in [0, 0.1) is 18.3 Å². The van der Waals surface area contributed by atoms with Gasteiger partial charge < -0.3 is 9.84 Å². The molecule has 0 unspecified atom stereocenters. The van der Waals surface area contributed by atoms with E-state index in [0.717, 1.165) is 0 Å². The van der Waals surface area contributed by atoms with Crippen LogP contribution in [-0.4, -0.2) is 16.1 Å². The Hall–Kier alpha value is -2.87. The Bertz CT molecular complexity index is 675. The minimum atomic E-state index is -1.08. The Balaban J connectivity index is 2.39. The lowest BCUT2D eigenvalue weighted by atomic mass is 10.2. The van der Waals surface area contributed by atoms with Crippen molar-refractivity contribution in [3.05, 3.63) is 53.2 Å². The first-order chi connectivity index (χ1) is 9.10. The second kappa shape index (κ2) is 5.19. The minimum absolute atomic E-state index is 0.0457. The smallest absolute Gasteiger partial charge is 0.339 e. The lowest BCUT2D eigenvalue weighted by Crippen LogP contribution is -2.00. The van der Waals surface area contributed by atoms with Crippen molar-refractivity contribution in [3.8, 4) is 17.7 Å². The largest absolute Gasteiger partial charge is 0.478 e. The number of benzene rings is 1. The molecule has 0 spiro atoms. The summed E-state index contributed by atoms with van der Waals surface area (Å²) in [5, 5.41) is 17.9. The van der Waals surface area contributed by atoms with Crippen molar-refractivity contribution in [3.63, 3.8) is 0 Å². The summed E-state index contributed by atoms with van der Waals surface area (Å²) in [6, 6.07) is 11.3. The topological polar surface area (TPSA) is 83.2 Å². The van der Waals surface area contributed by atoms with Crippen molar-refractivity contribution in [2.45, 2.75) is 6.92 Å². The van der Waals surface area contributed by atoms with Crippen LogP contribution in [0.15, 0.2) is 36.4 Å². The molecule has 0 saturated carbocycles. The van der Waals surface area contributed by atoms with Gasteiger partial charge in [-0.2, -0.15) is 5.26 Å². The molecule has 0 bridgehead atoms. The second-order valence-corrected chi connectivity index (χ2v) is 3.85. The molecule has 0 aliphatic heterocycles. The number of para-hydroxylation sites is 1. The summed E-state index contributed by atoms with van der Waals surface area (Å²) >= 11 is 0. The molecule has 2 aromatic rings. The molecule has 1 aromatic carbocycles. The van der Waals surface area contributed by atoms with Crippen LogP contribution in [-0.2, 0) is 0 Å². The molecule has 94 valence electrons. The van der Waals surface area contributed by atoms with Crippen molar-refractivity contribution in [2.24, 2.45) is 0 Å². The van der Waals surface area contributed by atoms with Crippen molar-refractivity contribution in [2.75, 3.05) is 0 Å². The minimum Gasteiger partial charge on any atom is -0.478 e. The van der Waals surface area contributed by atoms with Gasteiger partial charge >= 0.3 is 5.97 Å². The van der Waals surface area contributed by atoms with Gasteiger partial charge in [0.1, 0.15) is 11.3 Å². The molecule has 1 N–H and O–H groups in total. The van der Waals surface area contributed by atoms with Gasteiger partial charge in [0.05, 0.1) is 11.6 Å². The highest BCUT2D eigenvalue weighted by atomic mass is 16.5. The zero-order valence-electron chi connectivity index (χ0n) is 10.1. The lowest BCUT2D eigenvalue weighted by molar-refractivity contribution is 0.0694. The predicted molar refractivity (Wildman–Crippen MR) is 67.2 cm³/mol. The van der Waals surface area contributed by atoms with Gasteiger partial charge in [-0.15, -0.1) is 0 Å². The predicted octanol–water partition coefficient (Wildman–Crippen LogP) is 2.75. The number of carboxylic acids is 1. The van der Waals surface area contributed by atoms with E-state index >= 15 is 0 Å². The van der Waals surface area contributed by atoms with E-state index in [4.69, 9.17) is 15.1 Å². The molecule has 0 saturated heterocycles. The fourth-order valence-electron chi connectivity index (χ4n) is 1.60. The van der Waals surface area contributed by atoms with Crippen molar-refractivity contribution >= 4 is 5.97 Å². The van der Waals surface area contributed by atoms with E-state index in [9.17, 15) is 4.79 Å². The summed E-state index contributed by atoms with van der Waals surface area (Å²) in [4.78, 5) is 15.2. The van der Waals surface area contributed by atoms with Gasteiger partial charge in [-0.3, -0.25) is 0 Å². The molecule has 0 amide bonds. The maximum absolute atomic E-state index is 11.0. The van der Waals surface area contributed by atoms with Gasteiger partial charge in [0.2, 0.25) is 5.88 Å². The van der Waals surface area contributed by atoms with Gasteiger partial charge in [0, 0.05) is 11.8 Å². The first-order valence-corrected chi connectivity index (χ1v) is 5.49. The van der Waals surface area contributed by atoms with Crippen LogP contribution >= 0.6 is 0 Å². The monoisotopic (exact) mass is 254 g/mol. The third-order valence-corrected chi connectivity index (χ3v) is 2.39. The number of carboxylic acid groups (broad SMARTS) is 1. The second-order valence-electron chi connectivity index (χ2n) is 3.85. The molecule has 0 aliphatic rings. The van der Waals surface area contributed by atoms with Crippen LogP contribution in [0.5, 0.6) is 11.6 Å². The highest BCUT2D eigenvalue weighted by molar-refractivity contribution is 5.90. The van der Waals surface area contributed by atoms with E-state index in [1.807, 2.05) is 6.07 Å². The van der Waals surface area contributed by atoms with E-state index in [1.165, 1.54) is 12.1 Å². The molecule has 2 rings (SSSR count). The standard InChI is InChI=1S/C14H10N2O3/c1-9-6-10(8-15)7-13(16-9)19-12-5-3-2-4-11(12)14(17)18/h2-7H,1H3,(H,17,18). The normalized spacial score (nSPS) is 9.68. The first-order valence-electron chi connectivity index (χ1n) is 5.49. The van der Waals surface area contributed by atoms with Crippen molar-refractivity contribution in [1.29, 1.82) is 5.26 Å². The zero-order valence-corrected chi connectivity index (χ0v) is 10.1. The Morgan fingerprint density at radius 3 is 2.79 bits per heavy atom. The van der Waals surface area contributed by atoms with Gasteiger partial charge in [-0.05, 0) is 25.1 Å². The Labute approximate surface area is 109 Å². The number of carbonyl (C=O) groups is 1. The summed E-state index contributed by atoms with van der Waals surface area (Å²) in [6.45, 7) is 1.73. The Morgan fingerprint density at radius 2 is 2.11 bits per heavy atom. The summed E-state index contributed by atoms with van der Waals surface area (Å²) < 4.78 is 5.45. The highest BCUT2D eigenvalue weighted by Crippen LogP contribution is 2.24. The number of aromatic nitrogens is 1. The number of nitrogens with zero attached hydrogens (tertiary/aromatic N) is 2. The van der Waals surface area contributed by atoms with Gasteiger partial charge in [-0.25, -0.2) is 9.78 Å². The van der Waals surface area contributed by atoms with E-state index in [2.05, 4.69) is 4.98 Å². The third kappa shape index (κ3) is 2.87. The number of pyridine rings is 1. The molecule has 1 heterocycles. The lowest BCUT2D eigenvalue weighted by Gasteiger charge is -2.08. The maximum Gasteiger partial charge on any atom is 0.339 e. The van der Waals surface area contributed by atoms with Crippen LogP contribution in [0.2, 0.25) is 0 Å². The molecule has 19 heavy (non-hydrogen) atoms. The Kier molecular flexibility index (Phi) is 3.44. The SMILES string of the molecule is Cc1cc(C#N)cc(Oc2ccccc2C(=O)O)n1. The van der Waals surface area contributed by atoms with Gasteiger partial charge in [-0.1, -0.05) is 12.1 Å². The molecule has 5 heteroatoms. The molecule has 5 nitrogen and oxygen atoms in total. The maximum atomic E-state index is 11.0. The number of aryl methyl sites for hydroxylation is 1. The number of rotatable bonds is 3. The number of aromatic carboxylic acids is 1. The molecule has 0 atom stereocenters. The van der Waals surface area contributed by atoms with Gasteiger partial charge in [0.15, 0.2) is 0 Å². The highest BCUT2D eigenvalue weighted by Gasteiger charge is 2.12. The Morgan fingerprint density at radius 1 is 1.37 bits per heavy atom. The number of ether oxygens (including phenoxy) is 1. The average molecular weight is 254 g/mol. The van der Waals surface area contributed by atoms with E-state index in [1.54, 1.807) is 31.2 Å². The molecule has 0 radical (unpaired) electrons. The van der Waals surface area contributed by atoms with Crippen LogP contribution in [0.3, 0.4) is 0 Å². The molecule has 1 aromatic heterocycles. The van der Waals surface area contributed by atoms with Crippen molar-refractivity contribution < 1.29 is 14.6 Å². The van der Waals surface area contributed by atoms with E-state index in [-0.39, 0.29) is 17.2 Å². The number of hydrogen-bond acceptors (Lipinski definition) is 4.